The summed E-state index contributed by atoms with van der Waals surface area (Å²) >= 11 is 5.87. The largest absolute Gasteiger partial charge is 0.324 e. The highest BCUT2D eigenvalue weighted by Gasteiger charge is 2.36. The average Bonchev–Trinajstić information content (AvgIpc) is 2.74. The van der Waals surface area contributed by atoms with Gasteiger partial charge in [0.25, 0.3) is 10.0 Å². The maximum atomic E-state index is 13.0. The SMILES string of the molecule is CC1CC(=O)Nc2ccccc2N1S(=O)(=O)c1cn(C)c(Cl)n1. The number of carbonyl (C=O) groups excluding carboxylic acids is 1. The van der Waals surface area contributed by atoms with Crippen LogP contribution in [0.2, 0.25) is 5.28 Å². The van der Waals surface area contributed by atoms with E-state index in [-0.39, 0.29) is 22.6 Å². The molecule has 0 saturated heterocycles. The third-order valence-corrected chi connectivity index (χ3v) is 5.77. The van der Waals surface area contributed by atoms with Crippen molar-refractivity contribution in [1.82, 2.24) is 9.55 Å². The average molecular weight is 355 g/mol. The maximum absolute atomic E-state index is 13.0. The molecule has 2 aromatic rings. The number of hydrogen-bond donors (Lipinski definition) is 1. The molecule has 2 heterocycles. The number of imidazole rings is 1. The Hall–Kier alpha value is -2.06. The van der Waals surface area contributed by atoms with Crippen LogP contribution in [0.3, 0.4) is 0 Å². The Balaban J connectivity index is 2.18. The summed E-state index contributed by atoms with van der Waals surface area (Å²) in [5.74, 6) is -0.235. The molecule has 1 aromatic carbocycles. The minimum Gasteiger partial charge on any atom is -0.324 e. The van der Waals surface area contributed by atoms with Crippen molar-refractivity contribution in [3.05, 3.63) is 35.7 Å². The van der Waals surface area contributed by atoms with Crippen molar-refractivity contribution in [2.24, 2.45) is 7.05 Å². The smallest absolute Gasteiger partial charge is 0.283 e. The maximum Gasteiger partial charge on any atom is 0.283 e. The Labute approximate surface area is 138 Å². The first-order chi connectivity index (χ1) is 10.8. The van der Waals surface area contributed by atoms with E-state index in [1.54, 1.807) is 38.2 Å². The highest BCUT2D eigenvalue weighted by molar-refractivity contribution is 7.92. The standard InChI is InChI=1S/C14H15ClN4O3S/c1-9-7-12(20)16-10-5-3-4-6-11(10)19(9)23(21,22)13-8-18(2)14(15)17-13/h3-6,8-9H,7H2,1-2H3,(H,16,20). The van der Waals surface area contributed by atoms with Crippen molar-refractivity contribution in [3.8, 4) is 0 Å². The monoisotopic (exact) mass is 354 g/mol. The molecule has 1 aliphatic rings. The van der Waals surface area contributed by atoms with E-state index in [4.69, 9.17) is 11.6 Å². The zero-order chi connectivity index (χ0) is 16.8. The van der Waals surface area contributed by atoms with E-state index < -0.39 is 16.1 Å². The van der Waals surface area contributed by atoms with Crippen LogP contribution in [0.4, 0.5) is 11.4 Å². The van der Waals surface area contributed by atoms with E-state index in [1.165, 1.54) is 15.1 Å². The van der Waals surface area contributed by atoms with Gasteiger partial charge < -0.3 is 9.88 Å². The van der Waals surface area contributed by atoms with E-state index in [2.05, 4.69) is 10.3 Å². The molecule has 1 aromatic heterocycles. The van der Waals surface area contributed by atoms with Gasteiger partial charge in [0.15, 0.2) is 5.03 Å². The zero-order valence-electron chi connectivity index (χ0n) is 12.5. The molecule has 1 N–H and O–H groups in total. The number of fused-ring (bicyclic) bond motifs is 1. The van der Waals surface area contributed by atoms with E-state index in [0.29, 0.717) is 11.4 Å². The summed E-state index contributed by atoms with van der Waals surface area (Å²) in [6, 6.07) is 6.22. The van der Waals surface area contributed by atoms with Crippen LogP contribution in [0.25, 0.3) is 0 Å². The molecule has 7 nitrogen and oxygen atoms in total. The van der Waals surface area contributed by atoms with Crippen molar-refractivity contribution in [3.63, 3.8) is 0 Å². The zero-order valence-corrected chi connectivity index (χ0v) is 14.1. The second-order valence-corrected chi connectivity index (χ2v) is 7.48. The van der Waals surface area contributed by atoms with Crippen molar-refractivity contribution in [1.29, 1.82) is 0 Å². The van der Waals surface area contributed by atoms with E-state index in [1.807, 2.05) is 0 Å². The molecule has 0 bridgehead atoms. The van der Waals surface area contributed by atoms with Gasteiger partial charge in [0, 0.05) is 19.7 Å². The molecule has 0 spiro atoms. The van der Waals surface area contributed by atoms with Crippen molar-refractivity contribution in [2.75, 3.05) is 9.62 Å². The topological polar surface area (TPSA) is 84.3 Å². The molecule has 0 saturated carbocycles. The van der Waals surface area contributed by atoms with Gasteiger partial charge in [-0.3, -0.25) is 9.10 Å². The number of sulfonamides is 1. The number of aromatic nitrogens is 2. The molecule has 122 valence electrons. The lowest BCUT2D eigenvalue weighted by Crippen LogP contribution is -2.39. The van der Waals surface area contributed by atoms with Crippen LogP contribution in [0.1, 0.15) is 13.3 Å². The first kappa shape index (κ1) is 15.8. The van der Waals surface area contributed by atoms with Crippen molar-refractivity contribution < 1.29 is 13.2 Å². The number of aryl methyl sites for hydroxylation is 1. The number of nitrogens with one attached hydrogen (secondary N) is 1. The molecule has 1 unspecified atom stereocenters. The molecule has 9 heteroatoms. The number of benzene rings is 1. The quantitative estimate of drug-likeness (QED) is 0.894. The molecule has 1 amide bonds. The van der Waals surface area contributed by atoms with Gasteiger partial charge >= 0.3 is 0 Å². The van der Waals surface area contributed by atoms with E-state index in [9.17, 15) is 13.2 Å². The molecule has 23 heavy (non-hydrogen) atoms. The molecule has 1 aliphatic heterocycles. The third kappa shape index (κ3) is 2.68. The van der Waals surface area contributed by atoms with E-state index >= 15 is 0 Å². The molecule has 0 radical (unpaired) electrons. The number of anilines is 2. The van der Waals surface area contributed by atoms with Crippen LogP contribution in [0.5, 0.6) is 0 Å². The second-order valence-electron chi connectivity index (χ2n) is 5.38. The summed E-state index contributed by atoms with van der Waals surface area (Å²) in [5, 5.41) is 2.65. The Bertz CT molecular complexity index is 858. The molecule has 3 rings (SSSR count). The van der Waals surface area contributed by atoms with Gasteiger partial charge in [-0.05, 0) is 30.7 Å². The fourth-order valence-corrected chi connectivity index (χ4v) is 4.42. The second kappa shape index (κ2) is 5.54. The lowest BCUT2D eigenvalue weighted by atomic mass is 10.2. The van der Waals surface area contributed by atoms with Crippen LogP contribution in [-0.4, -0.2) is 29.9 Å². The van der Waals surface area contributed by atoms with Crippen molar-refractivity contribution in [2.45, 2.75) is 24.4 Å². The Morgan fingerprint density at radius 3 is 2.70 bits per heavy atom. The normalized spacial score (nSPS) is 18.3. The predicted octanol–water partition coefficient (Wildman–Crippen LogP) is 2.00. The summed E-state index contributed by atoms with van der Waals surface area (Å²) in [6.45, 7) is 1.68. The van der Waals surface area contributed by atoms with Crippen LogP contribution in [0, 0.1) is 0 Å². The third-order valence-electron chi connectivity index (χ3n) is 3.62. The highest BCUT2D eigenvalue weighted by atomic mass is 35.5. The van der Waals surface area contributed by atoms with Crippen molar-refractivity contribution >= 4 is 38.9 Å². The summed E-state index contributed by atoms with van der Waals surface area (Å²) in [5.41, 5.74) is 0.861. The van der Waals surface area contributed by atoms with Gasteiger partial charge in [0.05, 0.1) is 17.4 Å². The first-order valence-corrected chi connectivity index (χ1v) is 8.74. The molecular formula is C14H15ClN4O3S. The number of rotatable bonds is 2. The molecule has 0 aliphatic carbocycles. The van der Waals surface area contributed by atoms with Crippen LogP contribution in [-0.2, 0) is 21.9 Å². The highest BCUT2D eigenvalue weighted by Crippen LogP contribution is 2.35. The van der Waals surface area contributed by atoms with Crippen LogP contribution < -0.4 is 9.62 Å². The van der Waals surface area contributed by atoms with Crippen LogP contribution in [0.15, 0.2) is 35.5 Å². The minimum absolute atomic E-state index is 0.0501. The van der Waals surface area contributed by atoms with Gasteiger partial charge in [-0.2, -0.15) is 8.42 Å². The lowest BCUT2D eigenvalue weighted by Gasteiger charge is -2.28. The van der Waals surface area contributed by atoms with Gasteiger partial charge in [-0.1, -0.05) is 12.1 Å². The number of carbonyl (C=O) groups is 1. The summed E-state index contributed by atoms with van der Waals surface area (Å²) < 4.78 is 28.7. The Kier molecular flexibility index (Phi) is 3.81. The molecular weight excluding hydrogens is 340 g/mol. The lowest BCUT2D eigenvalue weighted by molar-refractivity contribution is -0.116. The minimum atomic E-state index is -3.95. The van der Waals surface area contributed by atoms with Gasteiger partial charge in [0.1, 0.15) is 0 Å². The predicted molar refractivity (Wildman–Crippen MR) is 87.0 cm³/mol. The molecule has 1 atom stereocenters. The van der Waals surface area contributed by atoms with Crippen LogP contribution >= 0.6 is 11.6 Å². The van der Waals surface area contributed by atoms with Gasteiger partial charge in [-0.25, -0.2) is 4.98 Å². The fraction of sp³-hybridized carbons (Fsp3) is 0.286. The Morgan fingerprint density at radius 1 is 1.35 bits per heavy atom. The first-order valence-electron chi connectivity index (χ1n) is 6.93. The number of hydrogen-bond acceptors (Lipinski definition) is 4. The number of amides is 1. The Morgan fingerprint density at radius 2 is 2.04 bits per heavy atom. The fourth-order valence-electron chi connectivity index (χ4n) is 2.57. The summed E-state index contributed by atoms with van der Waals surface area (Å²) in [4.78, 5) is 15.9. The number of para-hydroxylation sites is 2. The van der Waals surface area contributed by atoms with E-state index in [0.717, 1.165) is 0 Å². The number of halogens is 1. The number of nitrogens with zero attached hydrogens (tertiary/aromatic N) is 3. The summed E-state index contributed by atoms with van der Waals surface area (Å²) in [7, 11) is -2.34. The summed E-state index contributed by atoms with van der Waals surface area (Å²) in [6.07, 6.45) is 1.40. The van der Waals surface area contributed by atoms with Gasteiger partial charge in [-0.15, -0.1) is 0 Å². The van der Waals surface area contributed by atoms with Gasteiger partial charge in [0.2, 0.25) is 11.2 Å². The molecule has 0 fully saturated rings.